The number of amides is 1. The molecule has 0 unspecified atom stereocenters. The minimum absolute atomic E-state index is 0.00228. The van der Waals surface area contributed by atoms with E-state index in [0.29, 0.717) is 61.2 Å². The van der Waals surface area contributed by atoms with E-state index in [9.17, 15) is 35.9 Å². The van der Waals surface area contributed by atoms with Crippen LogP contribution in [0.3, 0.4) is 0 Å². The summed E-state index contributed by atoms with van der Waals surface area (Å²) in [4.78, 5) is 37.2. The fourth-order valence-corrected chi connectivity index (χ4v) is 6.57. The standard InChI is InChI=1S/C34H35F6N5O7/c1-2-32(41)17-23(22-15-27-28(51-10-9-50-27)16-25(22)45(32)31(48)52-6-3-29(46)47)30-42-18-26(44-4-7-49-8-5-44)24(43-30)13-19-11-20(33(35,36)37)14-21(12-19)34(38,39)40/h11-12,14-16,18,23H,2-10,13,17,41H2,1H3,(H,46,47)/t23-,32+/m0/s1. The van der Waals surface area contributed by atoms with E-state index in [2.05, 4.69) is 4.98 Å². The second-order valence-corrected chi connectivity index (χ2v) is 12.6. The maximum Gasteiger partial charge on any atom is 0.416 e. The third-order valence-electron chi connectivity index (χ3n) is 9.19. The van der Waals surface area contributed by atoms with Gasteiger partial charge in [0.1, 0.15) is 31.3 Å². The SMILES string of the molecule is CC[C@]1(N)C[C@H](c2ncc(N3CCOCC3)c(Cc3cc(C(F)(F)F)cc(C(F)(F)F)c3)n2)c2cc3c(cc2N1C(=O)OCCC(=O)O)OCCO3. The van der Waals surface area contributed by atoms with Crippen LogP contribution in [0.1, 0.15) is 65.9 Å². The predicted molar refractivity (Wildman–Crippen MR) is 171 cm³/mol. The molecular weight excluding hydrogens is 704 g/mol. The Kier molecular flexibility index (Phi) is 10.2. The number of carboxylic acids is 1. The van der Waals surface area contributed by atoms with E-state index in [-0.39, 0.29) is 54.9 Å². The van der Waals surface area contributed by atoms with Crippen molar-refractivity contribution in [1.29, 1.82) is 0 Å². The van der Waals surface area contributed by atoms with E-state index in [0.717, 1.165) is 0 Å². The van der Waals surface area contributed by atoms with E-state index in [4.69, 9.17) is 34.8 Å². The molecule has 0 saturated carbocycles. The van der Waals surface area contributed by atoms with Crippen LogP contribution < -0.4 is 25.0 Å². The highest BCUT2D eigenvalue weighted by Crippen LogP contribution is 2.50. The Morgan fingerprint density at radius 3 is 2.19 bits per heavy atom. The zero-order chi connectivity index (χ0) is 37.4. The molecule has 18 heteroatoms. The number of hydrogen-bond donors (Lipinski definition) is 2. The Morgan fingerprint density at radius 1 is 0.962 bits per heavy atom. The number of carbonyl (C=O) groups excluding carboxylic acids is 1. The number of fused-ring (bicyclic) bond motifs is 2. The molecule has 2 aromatic carbocycles. The molecule has 280 valence electrons. The van der Waals surface area contributed by atoms with Crippen LogP contribution in [0.25, 0.3) is 0 Å². The number of aliphatic carboxylic acids is 1. The molecule has 3 aliphatic heterocycles. The second kappa shape index (κ2) is 14.3. The van der Waals surface area contributed by atoms with Gasteiger partial charge in [0.15, 0.2) is 11.5 Å². The van der Waals surface area contributed by atoms with E-state index >= 15 is 0 Å². The van der Waals surface area contributed by atoms with Crippen molar-refractivity contribution in [1.82, 2.24) is 9.97 Å². The molecule has 1 amide bonds. The molecule has 0 aliphatic carbocycles. The van der Waals surface area contributed by atoms with Crippen LogP contribution in [-0.2, 0) is 33.0 Å². The lowest BCUT2D eigenvalue weighted by Gasteiger charge is -2.47. The largest absolute Gasteiger partial charge is 0.486 e. The van der Waals surface area contributed by atoms with Crippen molar-refractivity contribution >= 4 is 23.4 Å². The minimum Gasteiger partial charge on any atom is -0.486 e. The highest BCUT2D eigenvalue weighted by molar-refractivity contribution is 5.92. The van der Waals surface area contributed by atoms with Gasteiger partial charge < -0.3 is 34.7 Å². The van der Waals surface area contributed by atoms with Crippen molar-refractivity contribution in [2.75, 3.05) is 55.9 Å². The Bertz CT molecular complexity index is 1800. The van der Waals surface area contributed by atoms with Crippen LogP contribution in [-0.4, -0.2) is 78.9 Å². The topological polar surface area (TPSA) is 150 Å². The summed E-state index contributed by atoms with van der Waals surface area (Å²) in [5, 5.41) is 9.07. The summed E-state index contributed by atoms with van der Waals surface area (Å²) in [6, 6.07) is 4.62. The Hall–Kier alpha value is -4.84. The molecule has 0 bridgehead atoms. The third-order valence-corrected chi connectivity index (χ3v) is 9.19. The summed E-state index contributed by atoms with van der Waals surface area (Å²) < 4.78 is 105. The number of alkyl halides is 6. The van der Waals surface area contributed by atoms with Crippen molar-refractivity contribution in [2.24, 2.45) is 5.73 Å². The summed E-state index contributed by atoms with van der Waals surface area (Å²) in [5.41, 5.74) is 3.61. The van der Waals surface area contributed by atoms with Crippen LogP contribution >= 0.6 is 0 Å². The molecule has 0 radical (unpaired) electrons. The fraction of sp³-hybridized carbons (Fsp3) is 0.471. The average molecular weight is 740 g/mol. The van der Waals surface area contributed by atoms with Crippen LogP contribution in [0, 0.1) is 0 Å². The van der Waals surface area contributed by atoms with Gasteiger partial charge in [-0.3, -0.25) is 9.69 Å². The minimum atomic E-state index is -5.04. The fourth-order valence-electron chi connectivity index (χ4n) is 6.57. The quantitative estimate of drug-likeness (QED) is 0.273. The van der Waals surface area contributed by atoms with Crippen molar-refractivity contribution in [3.05, 3.63) is 70.3 Å². The zero-order valence-corrected chi connectivity index (χ0v) is 27.9. The van der Waals surface area contributed by atoms with Crippen molar-refractivity contribution < 1.29 is 60.0 Å². The van der Waals surface area contributed by atoms with Crippen LogP contribution in [0.15, 0.2) is 36.5 Å². The van der Waals surface area contributed by atoms with Crippen molar-refractivity contribution in [3.63, 3.8) is 0 Å². The lowest BCUT2D eigenvalue weighted by Crippen LogP contribution is -2.61. The van der Waals surface area contributed by atoms with E-state index < -0.39 is 66.6 Å². The molecule has 1 saturated heterocycles. The maximum absolute atomic E-state index is 13.8. The first-order valence-corrected chi connectivity index (χ1v) is 16.5. The molecule has 3 aromatic rings. The summed E-state index contributed by atoms with van der Waals surface area (Å²) in [6.07, 6.45) is -10.2. The van der Waals surface area contributed by atoms with Gasteiger partial charge in [-0.05, 0) is 48.2 Å². The molecule has 0 spiro atoms. The van der Waals surface area contributed by atoms with Crippen LogP contribution in [0.4, 0.5) is 42.5 Å². The smallest absolute Gasteiger partial charge is 0.416 e. The Labute approximate surface area is 293 Å². The van der Waals surface area contributed by atoms with Gasteiger partial charge in [0.25, 0.3) is 0 Å². The number of hydrogen-bond acceptors (Lipinski definition) is 10. The van der Waals surface area contributed by atoms with Gasteiger partial charge in [-0.1, -0.05) is 6.92 Å². The first kappa shape index (κ1) is 36.9. The summed E-state index contributed by atoms with van der Waals surface area (Å²) in [7, 11) is 0. The lowest BCUT2D eigenvalue weighted by atomic mass is 9.80. The summed E-state index contributed by atoms with van der Waals surface area (Å²) >= 11 is 0. The lowest BCUT2D eigenvalue weighted by molar-refractivity contribution is -0.143. The number of nitrogens with two attached hydrogens (primary N) is 1. The Morgan fingerprint density at radius 2 is 1.60 bits per heavy atom. The average Bonchev–Trinajstić information content (AvgIpc) is 3.10. The van der Waals surface area contributed by atoms with Gasteiger partial charge in [-0.2, -0.15) is 26.3 Å². The molecule has 6 rings (SSSR count). The first-order valence-electron chi connectivity index (χ1n) is 16.5. The number of carboxylic acid groups (broad SMARTS) is 1. The first-order chi connectivity index (χ1) is 24.6. The normalized spacial score (nSPS) is 20.3. The summed E-state index contributed by atoms with van der Waals surface area (Å²) in [6.45, 7) is 3.19. The highest BCUT2D eigenvalue weighted by atomic mass is 19.4. The van der Waals surface area contributed by atoms with Gasteiger partial charge in [-0.15, -0.1) is 0 Å². The number of aromatic nitrogens is 2. The van der Waals surface area contributed by atoms with Crippen molar-refractivity contribution in [3.8, 4) is 11.5 Å². The number of benzene rings is 2. The molecule has 4 heterocycles. The van der Waals surface area contributed by atoms with Gasteiger partial charge in [0.05, 0.1) is 54.0 Å². The number of morpholine rings is 1. The van der Waals surface area contributed by atoms with Gasteiger partial charge in [0.2, 0.25) is 0 Å². The molecule has 52 heavy (non-hydrogen) atoms. The predicted octanol–water partition coefficient (Wildman–Crippen LogP) is 5.73. The number of halogens is 6. The number of carbonyl (C=O) groups is 2. The highest BCUT2D eigenvalue weighted by Gasteiger charge is 2.47. The van der Waals surface area contributed by atoms with Crippen LogP contribution in [0.2, 0.25) is 0 Å². The van der Waals surface area contributed by atoms with Gasteiger partial charge in [-0.25, -0.2) is 14.8 Å². The van der Waals surface area contributed by atoms with E-state index in [1.54, 1.807) is 19.1 Å². The molecule has 3 N–H and O–H groups in total. The van der Waals surface area contributed by atoms with E-state index in [1.165, 1.54) is 11.1 Å². The number of nitrogens with zero attached hydrogens (tertiary/aromatic N) is 4. The number of ether oxygens (including phenoxy) is 4. The molecular formula is C34H35F6N5O7. The zero-order valence-electron chi connectivity index (χ0n) is 27.9. The summed E-state index contributed by atoms with van der Waals surface area (Å²) in [5.74, 6) is -1.13. The monoisotopic (exact) mass is 739 g/mol. The second-order valence-electron chi connectivity index (χ2n) is 12.6. The van der Waals surface area contributed by atoms with E-state index in [1.807, 2.05) is 4.90 Å². The number of anilines is 2. The molecule has 1 aromatic heterocycles. The van der Waals surface area contributed by atoms with Crippen molar-refractivity contribution in [2.45, 2.75) is 56.5 Å². The number of rotatable bonds is 8. The third kappa shape index (κ3) is 7.67. The van der Waals surface area contributed by atoms with Crippen LogP contribution in [0.5, 0.6) is 11.5 Å². The van der Waals surface area contributed by atoms with Gasteiger partial charge in [0, 0.05) is 31.5 Å². The maximum atomic E-state index is 13.8. The molecule has 3 aliphatic rings. The Balaban J connectivity index is 1.48. The molecule has 12 nitrogen and oxygen atoms in total. The molecule has 2 atom stereocenters. The molecule has 1 fully saturated rings. The van der Waals surface area contributed by atoms with Gasteiger partial charge >= 0.3 is 24.4 Å².